The van der Waals surface area contributed by atoms with Gasteiger partial charge in [-0.05, 0) is 6.42 Å². The predicted octanol–water partition coefficient (Wildman–Crippen LogP) is 3.42. The molecule has 0 rings (SSSR count). The molecule has 0 atom stereocenters. The van der Waals surface area contributed by atoms with Gasteiger partial charge in [0.15, 0.2) is 0 Å². The molecule has 0 aromatic heterocycles. The molecule has 0 aromatic carbocycles. The van der Waals surface area contributed by atoms with Crippen molar-refractivity contribution in [3.8, 4) is 0 Å². The van der Waals surface area contributed by atoms with E-state index in [-0.39, 0.29) is 0 Å². The Morgan fingerprint density at radius 3 is 1.86 bits per heavy atom. The maximum Gasteiger partial charge on any atom is 0.417 e. The average Bonchev–Trinajstić information content (AvgIpc) is 2.21. The number of rotatable bonds is 11. The molecule has 0 amide bonds. The van der Waals surface area contributed by atoms with Crippen LogP contribution >= 0.6 is 0 Å². The Morgan fingerprint density at radius 1 is 0.857 bits per heavy atom. The average molecular weight is 198 g/mol. The zero-order chi connectivity index (χ0) is 10.5. The summed E-state index contributed by atoms with van der Waals surface area (Å²) >= 11 is 0. The fourth-order valence-electron chi connectivity index (χ4n) is 1.45. The van der Waals surface area contributed by atoms with Crippen LogP contribution in [-0.4, -0.2) is 13.1 Å². The van der Waals surface area contributed by atoms with Crippen LogP contribution in [0.25, 0.3) is 0 Å². The van der Waals surface area contributed by atoms with E-state index in [1.165, 1.54) is 45.0 Å². The molecular formula is C12H22O2. The van der Waals surface area contributed by atoms with E-state index >= 15 is 0 Å². The summed E-state index contributed by atoms with van der Waals surface area (Å²) in [7, 11) is 0. The molecule has 0 saturated carbocycles. The molecule has 0 aliphatic carbocycles. The zero-order valence-corrected chi connectivity index (χ0v) is 9.09. The Labute approximate surface area is 88.0 Å². The second-order valence-electron chi connectivity index (χ2n) is 3.61. The summed E-state index contributed by atoms with van der Waals surface area (Å²) < 4.78 is 4.48. The smallest absolute Gasteiger partial charge is 0.417 e. The summed E-state index contributed by atoms with van der Waals surface area (Å²) in [6.45, 7) is 5.79. The van der Waals surface area contributed by atoms with Crippen molar-refractivity contribution in [2.45, 2.75) is 57.8 Å². The predicted molar refractivity (Wildman–Crippen MR) is 58.6 cm³/mol. The van der Waals surface area contributed by atoms with Gasteiger partial charge in [0.05, 0.1) is 6.61 Å². The monoisotopic (exact) mass is 198 g/mol. The molecule has 0 heterocycles. The van der Waals surface area contributed by atoms with E-state index in [9.17, 15) is 4.79 Å². The van der Waals surface area contributed by atoms with E-state index < -0.39 is 0 Å². The Balaban J connectivity index is 2.81. The minimum Gasteiger partial charge on any atom is -0.457 e. The summed E-state index contributed by atoms with van der Waals surface area (Å²) in [6.07, 6.45) is 11.0. The van der Waals surface area contributed by atoms with Gasteiger partial charge in [0.25, 0.3) is 0 Å². The lowest BCUT2D eigenvalue weighted by Gasteiger charge is -2.00. The van der Waals surface area contributed by atoms with Crippen LogP contribution in [-0.2, 0) is 9.53 Å². The summed E-state index contributed by atoms with van der Waals surface area (Å²) in [5.74, 6) is 0. The Hall–Kier alpha value is -0.530. The molecule has 0 N–H and O–H groups in total. The molecule has 0 spiro atoms. The van der Waals surface area contributed by atoms with E-state index in [0.29, 0.717) is 6.61 Å². The third kappa shape index (κ3) is 11.5. The normalized spacial score (nSPS) is 10.1. The highest BCUT2D eigenvalue weighted by molar-refractivity contribution is 5.37. The Morgan fingerprint density at radius 2 is 1.36 bits per heavy atom. The van der Waals surface area contributed by atoms with Crippen molar-refractivity contribution in [2.24, 2.45) is 0 Å². The third-order valence-electron chi connectivity index (χ3n) is 2.31. The molecule has 0 bridgehead atoms. The first-order chi connectivity index (χ1) is 6.91. The summed E-state index contributed by atoms with van der Waals surface area (Å²) in [5, 5.41) is 0. The molecule has 0 aliphatic heterocycles. The van der Waals surface area contributed by atoms with Crippen LogP contribution in [0, 0.1) is 6.92 Å². The Kier molecular flexibility index (Phi) is 12.0. The zero-order valence-electron chi connectivity index (χ0n) is 9.09. The van der Waals surface area contributed by atoms with E-state index in [0.717, 1.165) is 19.3 Å². The molecule has 0 saturated heterocycles. The van der Waals surface area contributed by atoms with Crippen molar-refractivity contribution in [3.05, 3.63) is 6.92 Å². The van der Waals surface area contributed by atoms with Crippen LogP contribution in [0.2, 0.25) is 0 Å². The van der Waals surface area contributed by atoms with Gasteiger partial charge in [-0.15, -0.1) is 0 Å². The highest BCUT2D eigenvalue weighted by atomic mass is 16.5. The number of hydrogen-bond acceptors (Lipinski definition) is 2. The van der Waals surface area contributed by atoms with Crippen molar-refractivity contribution >= 4 is 6.47 Å². The van der Waals surface area contributed by atoms with E-state index in [1.807, 2.05) is 0 Å². The lowest BCUT2D eigenvalue weighted by molar-refractivity contribution is 0.268. The first kappa shape index (κ1) is 13.5. The van der Waals surface area contributed by atoms with Crippen LogP contribution in [0.5, 0.6) is 0 Å². The molecular weight excluding hydrogens is 176 g/mol. The Bertz CT molecular complexity index is 113. The highest BCUT2D eigenvalue weighted by Gasteiger charge is 1.92. The number of hydrogen-bond donors (Lipinski definition) is 0. The third-order valence-corrected chi connectivity index (χ3v) is 2.31. The van der Waals surface area contributed by atoms with Crippen LogP contribution < -0.4 is 0 Å². The lowest BCUT2D eigenvalue weighted by atomic mass is 10.1. The molecule has 2 radical (unpaired) electrons. The first-order valence-corrected chi connectivity index (χ1v) is 5.70. The molecule has 14 heavy (non-hydrogen) atoms. The van der Waals surface area contributed by atoms with E-state index in [2.05, 4.69) is 11.7 Å². The summed E-state index contributed by atoms with van der Waals surface area (Å²) in [5.41, 5.74) is 0. The van der Waals surface area contributed by atoms with Crippen LogP contribution in [0.4, 0.5) is 0 Å². The number of unbranched alkanes of at least 4 members (excludes halogenated alkanes) is 8. The molecule has 82 valence electrons. The van der Waals surface area contributed by atoms with Gasteiger partial charge in [-0.2, -0.15) is 0 Å². The van der Waals surface area contributed by atoms with E-state index in [1.54, 1.807) is 0 Å². The summed E-state index contributed by atoms with van der Waals surface area (Å²) in [4.78, 5) is 9.69. The molecule has 0 aromatic rings. The fourth-order valence-corrected chi connectivity index (χ4v) is 1.45. The second-order valence-corrected chi connectivity index (χ2v) is 3.61. The molecule has 0 unspecified atom stereocenters. The quantitative estimate of drug-likeness (QED) is 0.475. The van der Waals surface area contributed by atoms with Gasteiger partial charge in [0.1, 0.15) is 0 Å². The highest BCUT2D eigenvalue weighted by Crippen LogP contribution is 2.09. The maximum absolute atomic E-state index is 9.69. The molecule has 2 heteroatoms. The van der Waals surface area contributed by atoms with Crippen LogP contribution in [0.3, 0.4) is 0 Å². The van der Waals surface area contributed by atoms with Gasteiger partial charge in [0.2, 0.25) is 0 Å². The van der Waals surface area contributed by atoms with Gasteiger partial charge in [-0.25, -0.2) is 4.79 Å². The number of ether oxygens (including phenoxy) is 1. The molecule has 2 nitrogen and oxygen atoms in total. The van der Waals surface area contributed by atoms with Gasteiger partial charge in [0, 0.05) is 0 Å². The fraction of sp³-hybridized carbons (Fsp3) is 0.833. The number of carbonyl (C=O) groups excluding carboxylic acids is 1. The minimum absolute atomic E-state index is 0.533. The minimum atomic E-state index is 0.533. The van der Waals surface area contributed by atoms with Gasteiger partial charge < -0.3 is 4.74 Å². The van der Waals surface area contributed by atoms with Crippen LogP contribution in [0.1, 0.15) is 57.8 Å². The van der Waals surface area contributed by atoms with E-state index in [4.69, 9.17) is 0 Å². The molecule has 0 aliphatic rings. The largest absolute Gasteiger partial charge is 0.457 e. The van der Waals surface area contributed by atoms with Crippen molar-refractivity contribution in [2.75, 3.05) is 6.61 Å². The van der Waals surface area contributed by atoms with Crippen molar-refractivity contribution in [1.82, 2.24) is 0 Å². The topological polar surface area (TPSA) is 26.3 Å². The summed E-state index contributed by atoms with van der Waals surface area (Å²) in [6, 6.07) is 0. The lowest BCUT2D eigenvalue weighted by Crippen LogP contribution is -1.91. The van der Waals surface area contributed by atoms with Crippen LogP contribution in [0.15, 0.2) is 0 Å². The van der Waals surface area contributed by atoms with Gasteiger partial charge >= 0.3 is 6.47 Å². The van der Waals surface area contributed by atoms with Crippen molar-refractivity contribution < 1.29 is 9.53 Å². The standard InChI is InChI=1S/C12H22O2/c1-2-3-4-5-6-7-8-9-10-11-14-12-13/h1-11H2. The van der Waals surface area contributed by atoms with Gasteiger partial charge in [-0.3, -0.25) is 0 Å². The van der Waals surface area contributed by atoms with Crippen molar-refractivity contribution in [1.29, 1.82) is 0 Å². The second kappa shape index (κ2) is 12.5. The van der Waals surface area contributed by atoms with Gasteiger partial charge in [-0.1, -0.05) is 58.3 Å². The maximum atomic E-state index is 9.69. The van der Waals surface area contributed by atoms with Crippen molar-refractivity contribution in [3.63, 3.8) is 0 Å². The molecule has 0 fully saturated rings. The SMILES string of the molecule is [CH2]CCCCCCCCCCO[C]=O. The first-order valence-electron chi connectivity index (χ1n) is 5.70.